The van der Waals surface area contributed by atoms with E-state index in [-0.39, 0.29) is 0 Å². The maximum Gasteiger partial charge on any atom is 0.416 e. The number of nitrogens with zero attached hydrogens (tertiary/aromatic N) is 2. The Morgan fingerprint density at radius 3 is 2.55 bits per heavy atom. The van der Waals surface area contributed by atoms with Crippen LogP contribution in [0, 0.1) is 17.2 Å². The van der Waals surface area contributed by atoms with Crippen LogP contribution in [0.25, 0.3) is 0 Å². The first kappa shape index (κ1) is 16.5. The zero-order valence-corrected chi connectivity index (χ0v) is 11.7. The SMILES string of the molecule is CC(C)CN(CCC#N)Cc1cccc(C(F)(F)F)c1. The number of nitriles is 1. The molecule has 0 saturated carbocycles. The van der Waals surface area contributed by atoms with Crippen LogP contribution in [0.4, 0.5) is 13.2 Å². The van der Waals surface area contributed by atoms with Crippen LogP contribution in [0.1, 0.15) is 31.4 Å². The van der Waals surface area contributed by atoms with E-state index in [4.69, 9.17) is 5.26 Å². The molecule has 0 aliphatic rings. The van der Waals surface area contributed by atoms with Crippen LogP contribution in [0.5, 0.6) is 0 Å². The van der Waals surface area contributed by atoms with Crippen LogP contribution in [0.3, 0.4) is 0 Å². The Hall–Kier alpha value is -1.54. The second kappa shape index (κ2) is 7.30. The lowest BCUT2D eigenvalue weighted by molar-refractivity contribution is -0.137. The van der Waals surface area contributed by atoms with Gasteiger partial charge in [0.2, 0.25) is 0 Å². The molecule has 0 aliphatic carbocycles. The summed E-state index contributed by atoms with van der Waals surface area (Å²) < 4.78 is 38.0. The van der Waals surface area contributed by atoms with Crippen molar-refractivity contribution in [2.24, 2.45) is 5.92 Å². The minimum Gasteiger partial charge on any atom is -0.298 e. The molecule has 5 heteroatoms. The minimum atomic E-state index is -4.31. The highest BCUT2D eigenvalue weighted by atomic mass is 19.4. The summed E-state index contributed by atoms with van der Waals surface area (Å²) in [7, 11) is 0. The van der Waals surface area contributed by atoms with Gasteiger partial charge in [-0.2, -0.15) is 18.4 Å². The number of benzene rings is 1. The fraction of sp³-hybridized carbons (Fsp3) is 0.533. The van der Waals surface area contributed by atoms with E-state index < -0.39 is 11.7 Å². The predicted molar refractivity (Wildman–Crippen MR) is 71.8 cm³/mol. The summed E-state index contributed by atoms with van der Waals surface area (Å²) >= 11 is 0. The molecule has 0 aliphatic heterocycles. The van der Waals surface area contributed by atoms with E-state index in [1.807, 2.05) is 18.7 Å². The first-order valence-corrected chi connectivity index (χ1v) is 6.58. The molecule has 0 amide bonds. The molecule has 0 N–H and O–H groups in total. The molecular weight excluding hydrogens is 265 g/mol. The lowest BCUT2D eigenvalue weighted by Crippen LogP contribution is -2.28. The van der Waals surface area contributed by atoms with Crippen molar-refractivity contribution in [3.8, 4) is 6.07 Å². The van der Waals surface area contributed by atoms with E-state index in [1.165, 1.54) is 12.1 Å². The second-order valence-corrected chi connectivity index (χ2v) is 5.24. The topological polar surface area (TPSA) is 27.0 Å². The van der Waals surface area contributed by atoms with Crippen LogP contribution in [-0.4, -0.2) is 18.0 Å². The molecule has 110 valence electrons. The van der Waals surface area contributed by atoms with E-state index in [0.29, 0.717) is 31.0 Å². The van der Waals surface area contributed by atoms with Crippen LogP contribution < -0.4 is 0 Å². The van der Waals surface area contributed by atoms with Gasteiger partial charge in [0.05, 0.1) is 11.6 Å². The Labute approximate surface area is 117 Å². The van der Waals surface area contributed by atoms with E-state index in [0.717, 1.165) is 12.6 Å². The summed E-state index contributed by atoms with van der Waals surface area (Å²) in [4.78, 5) is 2.02. The highest BCUT2D eigenvalue weighted by Crippen LogP contribution is 2.29. The van der Waals surface area contributed by atoms with Crippen LogP contribution in [0.2, 0.25) is 0 Å². The Balaban J connectivity index is 2.80. The number of halogens is 3. The third-order valence-electron chi connectivity index (χ3n) is 2.82. The molecule has 0 saturated heterocycles. The van der Waals surface area contributed by atoms with E-state index in [9.17, 15) is 13.2 Å². The average Bonchev–Trinajstić information content (AvgIpc) is 2.34. The summed E-state index contributed by atoms with van der Waals surface area (Å²) in [5.41, 5.74) is -0.00167. The molecule has 0 spiro atoms. The molecule has 0 bridgehead atoms. The van der Waals surface area contributed by atoms with Gasteiger partial charge < -0.3 is 0 Å². The molecule has 0 atom stereocenters. The normalized spacial score (nSPS) is 11.9. The van der Waals surface area contributed by atoms with Crippen molar-refractivity contribution in [1.82, 2.24) is 4.90 Å². The highest BCUT2D eigenvalue weighted by molar-refractivity contribution is 5.25. The van der Waals surface area contributed by atoms with Crippen molar-refractivity contribution < 1.29 is 13.2 Å². The molecule has 0 aromatic heterocycles. The van der Waals surface area contributed by atoms with Crippen molar-refractivity contribution >= 4 is 0 Å². The molecule has 0 heterocycles. The van der Waals surface area contributed by atoms with Gasteiger partial charge in [0.25, 0.3) is 0 Å². The monoisotopic (exact) mass is 284 g/mol. The van der Waals surface area contributed by atoms with E-state index in [2.05, 4.69) is 6.07 Å². The van der Waals surface area contributed by atoms with E-state index in [1.54, 1.807) is 6.07 Å². The molecular formula is C15H19F3N2. The molecule has 1 aromatic carbocycles. The van der Waals surface area contributed by atoms with Gasteiger partial charge in [-0.25, -0.2) is 0 Å². The first-order chi connectivity index (χ1) is 9.32. The van der Waals surface area contributed by atoms with Gasteiger partial charge in [-0.3, -0.25) is 4.90 Å². The summed E-state index contributed by atoms with van der Waals surface area (Å²) in [6.45, 7) is 5.86. The fourth-order valence-corrected chi connectivity index (χ4v) is 2.06. The van der Waals surface area contributed by atoms with Crippen molar-refractivity contribution in [3.63, 3.8) is 0 Å². The molecule has 1 aromatic rings. The third-order valence-corrected chi connectivity index (χ3v) is 2.82. The molecule has 0 unspecified atom stereocenters. The summed E-state index contributed by atoms with van der Waals surface area (Å²) in [6.07, 6.45) is -3.93. The zero-order valence-electron chi connectivity index (χ0n) is 11.7. The van der Waals surface area contributed by atoms with Crippen LogP contribution in [0.15, 0.2) is 24.3 Å². The van der Waals surface area contributed by atoms with Crippen LogP contribution in [-0.2, 0) is 12.7 Å². The second-order valence-electron chi connectivity index (χ2n) is 5.24. The van der Waals surface area contributed by atoms with Gasteiger partial charge in [0.15, 0.2) is 0 Å². The average molecular weight is 284 g/mol. The Kier molecular flexibility index (Phi) is 6.03. The van der Waals surface area contributed by atoms with Crippen molar-refractivity contribution in [2.45, 2.75) is 33.0 Å². The summed E-state index contributed by atoms with van der Waals surface area (Å²) in [6, 6.07) is 7.44. The highest BCUT2D eigenvalue weighted by Gasteiger charge is 2.30. The predicted octanol–water partition coefficient (Wildman–Crippen LogP) is 4.08. The van der Waals surface area contributed by atoms with Crippen molar-refractivity contribution in [3.05, 3.63) is 35.4 Å². The maximum absolute atomic E-state index is 12.7. The molecule has 1 rings (SSSR count). The molecule has 0 radical (unpaired) electrons. The Morgan fingerprint density at radius 1 is 1.30 bits per heavy atom. The lowest BCUT2D eigenvalue weighted by atomic mass is 10.1. The van der Waals surface area contributed by atoms with Gasteiger partial charge in [0.1, 0.15) is 0 Å². The standard InChI is InChI=1S/C15H19F3N2/c1-12(2)10-20(8-4-7-19)11-13-5-3-6-14(9-13)15(16,17)18/h3,5-6,9,12H,4,8,10-11H2,1-2H3. The molecule has 0 fully saturated rings. The molecule has 2 nitrogen and oxygen atoms in total. The van der Waals surface area contributed by atoms with Gasteiger partial charge in [-0.15, -0.1) is 0 Å². The van der Waals surface area contributed by atoms with Crippen molar-refractivity contribution in [1.29, 1.82) is 5.26 Å². The smallest absolute Gasteiger partial charge is 0.298 e. The Morgan fingerprint density at radius 2 is 2.00 bits per heavy atom. The van der Waals surface area contributed by atoms with E-state index >= 15 is 0 Å². The number of rotatable bonds is 6. The van der Waals surface area contributed by atoms with Gasteiger partial charge >= 0.3 is 6.18 Å². The first-order valence-electron chi connectivity index (χ1n) is 6.58. The van der Waals surface area contributed by atoms with Gasteiger partial charge in [-0.1, -0.05) is 32.0 Å². The maximum atomic E-state index is 12.7. The largest absolute Gasteiger partial charge is 0.416 e. The third kappa shape index (κ3) is 5.62. The van der Waals surface area contributed by atoms with Gasteiger partial charge in [-0.05, 0) is 17.5 Å². The quantitative estimate of drug-likeness (QED) is 0.787. The zero-order chi connectivity index (χ0) is 15.2. The fourth-order valence-electron chi connectivity index (χ4n) is 2.06. The molecule has 20 heavy (non-hydrogen) atoms. The summed E-state index contributed by atoms with van der Waals surface area (Å²) in [5, 5.41) is 8.64. The summed E-state index contributed by atoms with van der Waals surface area (Å²) in [5.74, 6) is 0.402. The van der Waals surface area contributed by atoms with Gasteiger partial charge in [0, 0.05) is 26.1 Å². The Bertz CT molecular complexity index is 461. The van der Waals surface area contributed by atoms with Crippen LogP contribution >= 0.6 is 0 Å². The minimum absolute atomic E-state index is 0.381. The number of alkyl halides is 3. The number of hydrogen-bond acceptors (Lipinski definition) is 2. The lowest BCUT2D eigenvalue weighted by Gasteiger charge is -2.23. The van der Waals surface area contributed by atoms with Crippen molar-refractivity contribution in [2.75, 3.05) is 13.1 Å². The number of hydrogen-bond donors (Lipinski definition) is 0.